The number of aliphatic hydroxyl groups is 1. The van der Waals surface area contributed by atoms with E-state index in [1.54, 1.807) is 0 Å². The third-order valence-electron chi connectivity index (χ3n) is 4.81. The normalized spacial score (nSPS) is 20.7. The van der Waals surface area contributed by atoms with Gasteiger partial charge in [0.2, 0.25) is 0 Å². The molecule has 1 saturated heterocycles. The van der Waals surface area contributed by atoms with Crippen molar-refractivity contribution < 1.29 is 9.90 Å². The third kappa shape index (κ3) is 7.04. The molecule has 25 heavy (non-hydrogen) atoms. The minimum absolute atomic E-state index is 0.0736. The molecule has 5 nitrogen and oxygen atoms in total. The molecular weight excluding hydrogens is 314 g/mol. The number of benzene rings is 1. The molecule has 2 amide bonds. The molecule has 1 heterocycles. The van der Waals surface area contributed by atoms with Crippen LogP contribution in [0.5, 0.6) is 0 Å². The van der Waals surface area contributed by atoms with Gasteiger partial charge in [0.15, 0.2) is 0 Å². The van der Waals surface area contributed by atoms with Gasteiger partial charge < -0.3 is 20.6 Å². The fraction of sp³-hybridized carbons (Fsp3) is 0.650. The summed E-state index contributed by atoms with van der Waals surface area (Å²) in [6, 6.07) is 9.84. The number of piperidine rings is 1. The van der Waals surface area contributed by atoms with Gasteiger partial charge in [-0.3, -0.25) is 0 Å². The fourth-order valence-electron chi connectivity index (χ4n) is 3.61. The van der Waals surface area contributed by atoms with Crippen LogP contribution in [-0.2, 0) is 0 Å². The van der Waals surface area contributed by atoms with Crippen molar-refractivity contribution in [3.05, 3.63) is 35.9 Å². The molecule has 0 bridgehead atoms. The van der Waals surface area contributed by atoms with Crippen LogP contribution >= 0.6 is 0 Å². The Bertz CT molecular complexity index is 509. The van der Waals surface area contributed by atoms with Crippen LogP contribution in [-0.4, -0.2) is 48.3 Å². The minimum Gasteiger partial charge on any atom is -0.396 e. The highest BCUT2D eigenvalue weighted by atomic mass is 16.3. The summed E-state index contributed by atoms with van der Waals surface area (Å²) in [4.78, 5) is 14.8. The van der Waals surface area contributed by atoms with Crippen LogP contribution in [0.3, 0.4) is 0 Å². The predicted octanol–water partition coefficient (Wildman–Crippen LogP) is 2.92. The van der Waals surface area contributed by atoms with Gasteiger partial charge in [-0.1, -0.05) is 37.3 Å². The molecule has 3 N–H and O–H groups in total. The van der Waals surface area contributed by atoms with Gasteiger partial charge in [0, 0.05) is 25.7 Å². The van der Waals surface area contributed by atoms with E-state index in [0.717, 1.165) is 37.5 Å². The SMILES string of the molecule is CC1CCCN(CC(C)NC(=O)NC(CCCO)c2ccccc2)C1. The summed E-state index contributed by atoms with van der Waals surface area (Å²) in [5, 5.41) is 15.2. The lowest BCUT2D eigenvalue weighted by molar-refractivity contribution is 0.169. The lowest BCUT2D eigenvalue weighted by atomic mass is 10.00. The Kier molecular flexibility index (Phi) is 8.22. The molecule has 3 atom stereocenters. The molecule has 1 aromatic rings. The average Bonchev–Trinajstić information content (AvgIpc) is 2.59. The van der Waals surface area contributed by atoms with Crippen molar-refractivity contribution >= 4 is 6.03 Å². The molecule has 1 aromatic carbocycles. The van der Waals surface area contributed by atoms with E-state index in [-0.39, 0.29) is 24.7 Å². The third-order valence-corrected chi connectivity index (χ3v) is 4.81. The van der Waals surface area contributed by atoms with E-state index in [4.69, 9.17) is 5.11 Å². The maximum atomic E-state index is 12.4. The van der Waals surface area contributed by atoms with Crippen molar-refractivity contribution in [1.82, 2.24) is 15.5 Å². The predicted molar refractivity (Wildman–Crippen MR) is 101 cm³/mol. The monoisotopic (exact) mass is 347 g/mol. The van der Waals surface area contributed by atoms with Crippen LogP contribution < -0.4 is 10.6 Å². The molecule has 0 aromatic heterocycles. The maximum absolute atomic E-state index is 12.4. The molecule has 0 saturated carbocycles. The summed E-state index contributed by atoms with van der Waals surface area (Å²) in [7, 11) is 0. The van der Waals surface area contributed by atoms with E-state index < -0.39 is 0 Å². The van der Waals surface area contributed by atoms with Crippen molar-refractivity contribution in [3.63, 3.8) is 0 Å². The Morgan fingerprint density at radius 2 is 2.08 bits per heavy atom. The largest absolute Gasteiger partial charge is 0.396 e. The van der Waals surface area contributed by atoms with Gasteiger partial charge in [0.25, 0.3) is 0 Å². The molecule has 0 radical (unpaired) electrons. The number of carbonyl (C=O) groups excluding carboxylic acids is 1. The zero-order chi connectivity index (χ0) is 18.1. The van der Waals surface area contributed by atoms with E-state index in [0.29, 0.717) is 6.42 Å². The van der Waals surface area contributed by atoms with Crippen molar-refractivity contribution in [3.8, 4) is 0 Å². The number of hydrogen-bond donors (Lipinski definition) is 3. The number of likely N-dealkylation sites (tertiary alicyclic amines) is 1. The highest BCUT2D eigenvalue weighted by Crippen LogP contribution is 2.18. The number of hydrogen-bond acceptors (Lipinski definition) is 3. The van der Waals surface area contributed by atoms with E-state index in [2.05, 4.69) is 29.4 Å². The van der Waals surface area contributed by atoms with Gasteiger partial charge in [0.1, 0.15) is 0 Å². The summed E-state index contributed by atoms with van der Waals surface area (Å²) in [5.41, 5.74) is 1.07. The molecule has 140 valence electrons. The molecule has 1 aliphatic heterocycles. The van der Waals surface area contributed by atoms with Gasteiger partial charge in [-0.05, 0) is 50.6 Å². The molecule has 3 unspecified atom stereocenters. The second-order valence-electron chi connectivity index (χ2n) is 7.35. The summed E-state index contributed by atoms with van der Waals surface area (Å²) in [6.45, 7) is 7.63. The van der Waals surface area contributed by atoms with Crippen LogP contribution in [0.4, 0.5) is 4.79 Å². The summed E-state index contributed by atoms with van der Waals surface area (Å²) >= 11 is 0. The van der Waals surface area contributed by atoms with Gasteiger partial charge >= 0.3 is 6.03 Å². The van der Waals surface area contributed by atoms with Crippen molar-refractivity contribution in [2.24, 2.45) is 5.92 Å². The molecule has 1 fully saturated rings. The molecule has 0 spiro atoms. The van der Waals surface area contributed by atoms with Gasteiger partial charge in [0.05, 0.1) is 6.04 Å². The van der Waals surface area contributed by atoms with Gasteiger partial charge in [-0.25, -0.2) is 4.79 Å². The van der Waals surface area contributed by atoms with Crippen molar-refractivity contribution in [2.75, 3.05) is 26.2 Å². The number of rotatable bonds is 8. The molecule has 0 aliphatic carbocycles. The molecule has 1 aliphatic rings. The topological polar surface area (TPSA) is 64.6 Å². The maximum Gasteiger partial charge on any atom is 0.315 e. The number of aliphatic hydroxyl groups excluding tert-OH is 1. The summed E-state index contributed by atoms with van der Waals surface area (Å²) in [6.07, 6.45) is 3.95. The minimum atomic E-state index is -0.135. The highest BCUT2D eigenvalue weighted by Gasteiger charge is 2.20. The van der Waals surface area contributed by atoms with Crippen molar-refractivity contribution in [1.29, 1.82) is 0 Å². The summed E-state index contributed by atoms with van der Waals surface area (Å²) < 4.78 is 0. The van der Waals surface area contributed by atoms with Gasteiger partial charge in [-0.2, -0.15) is 0 Å². The number of amides is 2. The standard InChI is InChI=1S/C20H33N3O2/c1-16-8-6-12-23(14-16)15-17(2)21-20(25)22-19(11-7-13-24)18-9-4-3-5-10-18/h3-5,9-10,16-17,19,24H,6-8,11-15H2,1-2H3,(H2,21,22,25). The first-order chi connectivity index (χ1) is 12.1. The quantitative estimate of drug-likeness (QED) is 0.677. The first-order valence-corrected chi connectivity index (χ1v) is 9.53. The van der Waals surface area contributed by atoms with E-state index in [9.17, 15) is 4.79 Å². The number of carbonyl (C=O) groups is 1. The Hall–Kier alpha value is -1.59. The summed E-state index contributed by atoms with van der Waals surface area (Å²) in [5.74, 6) is 0.746. The van der Waals surface area contributed by atoms with E-state index in [1.807, 2.05) is 30.3 Å². The molecule has 2 rings (SSSR count). The Balaban J connectivity index is 1.83. The van der Waals surface area contributed by atoms with E-state index >= 15 is 0 Å². The van der Waals surface area contributed by atoms with Crippen LogP contribution in [0.25, 0.3) is 0 Å². The molecule has 5 heteroatoms. The second kappa shape index (κ2) is 10.4. The van der Waals surface area contributed by atoms with Crippen LogP contribution in [0, 0.1) is 5.92 Å². The zero-order valence-electron chi connectivity index (χ0n) is 15.6. The molecular formula is C20H33N3O2. The fourth-order valence-corrected chi connectivity index (χ4v) is 3.61. The van der Waals surface area contributed by atoms with Gasteiger partial charge in [-0.15, -0.1) is 0 Å². The Labute approximate surface area is 151 Å². The smallest absolute Gasteiger partial charge is 0.315 e. The van der Waals surface area contributed by atoms with Crippen LogP contribution in [0.2, 0.25) is 0 Å². The number of nitrogens with zero attached hydrogens (tertiary/aromatic N) is 1. The lowest BCUT2D eigenvalue weighted by Crippen LogP contribution is -2.48. The zero-order valence-corrected chi connectivity index (χ0v) is 15.6. The average molecular weight is 348 g/mol. The Morgan fingerprint density at radius 1 is 1.32 bits per heavy atom. The van der Waals surface area contributed by atoms with E-state index in [1.165, 1.54) is 12.8 Å². The Morgan fingerprint density at radius 3 is 2.76 bits per heavy atom. The highest BCUT2D eigenvalue weighted by molar-refractivity contribution is 5.74. The first kappa shape index (κ1) is 19.7. The lowest BCUT2D eigenvalue weighted by Gasteiger charge is -2.33. The number of urea groups is 1. The second-order valence-corrected chi connectivity index (χ2v) is 7.35. The van der Waals surface area contributed by atoms with Crippen molar-refractivity contribution in [2.45, 2.75) is 51.6 Å². The van der Waals surface area contributed by atoms with Crippen LogP contribution in [0.15, 0.2) is 30.3 Å². The van der Waals surface area contributed by atoms with Crippen LogP contribution in [0.1, 0.15) is 51.1 Å². The number of nitrogens with one attached hydrogen (secondary N) is 2. The first-order valence-electron chi connectivity index (χ1n) is 9.53.